The van der Waals surface area contributed by atoms with Crippen molar-refractivity contribution in [1.29, 1.82) is 0 Å². The quantitative estimate of drug-likeness (QED) is 0.413. The molecule has 2 aromatic rings. The molecule has 0 spiro atoms. The van der Waals surface area contributed by atoms with E-state index < -0.39 is 0 Å². The zero-order chi connectivity index (χ0) is 17.5. The zero-order valence-electron chi connectivity index (χ0n) is 14.8. The monoisotopic (exact) mass is 328 g/mol. The number of benzene rings is 2. The normalized spacial score (nSPS) is 10.8. The smallest absolute Gasteiger partial charge is 0.241 e. The van der Waals surface area contributed by atoms with Gasteiger partial charge in [-0.3, -0.25) is 0 Å². The molecule has 0 saturated carbocycles. The second kappa shape index (κ2) is 8.48. The Bertz CT molecular complexity index is 617. The summed E-state index contributed by atoms with van der Waals surface area (Å²) in [5.74, 6) is 1.55. The Kier molecular flexibility index (Phi) is 6.36. The Morgan fingerprint density at radius 1 is 0.833 bits per heavy atom. The molecule has 130 valence electrons. The van der Waals surface area contributed by atoms with E-state index in [9.17, 15) is 0 Å². The maximum absolute atomic E-state index is 6.06. The van der Waals surface area contributed by atoms with Crippen LogP contribution in [0.15, 0.2) is 36.4 Å². The van der Waals surface area contributed by atoms with Gasteiger partial charge in [-0.1, -0.05) is 19.8 Å². The number of hydrogen-bond acceptors (Lipinski definition) is 4. The van der Waals surface area contributed by atoms with Gasteiger partial charge < -0.3 is 20.9 Å². The predicted octanol–water partition coefficient (Wildman–Crippen LogP) is 4.83. The summed E-state index contributed by atoms with van der Waals surface area (Å²) in [6, 6.07) is 11.4. The lowest BCUT2D eigenvalue weighted by Gasteiger charge is -2.21. The Labute approximate surface area is 144 Å². The van der Waals surface area contributed by atoms with Crippen molar-refractivity contribution < 1.29 is 9.47 Å². The van der Waals surface area contributed by atoms with E-state index in [2.05, 4.69) is 6.92 Å². The number of aryl methyl sites for hydroxylation is 2. The number of rotatable bonds is 8. The van der Waals surface area contributed by atoms with Crippen LogP contribution in [0.1, 0.15) is 43.7 Å². The Hall–Kier alpha value is -2.36. The second-order valence-corrected chi connectivity index (χ2v) is 6.20. The van der Waals surface area contributed by atoms with Crippen LogP contribution in [0.5, 0.6) is 11.5 Å². The molecule has 2 aromatic carbocycles. The van der Waals surface area contributed by atoms with Gasteiger partial charge >= 0.3 is 0 Å². The van der Waals surface area contributed by atoms with Crippen molar-refractivity contribution in [2.75, 3.05) is 11.5 Å². The summed E-state index contributed by atoms with van der Waals surface area (Å²) in [4.78, 5) is 0. The standard InChI is InChI=1S/C20H28N2O2/c1-4-5-6-7-20(23-16-8-10-18(21)14(2)12-16)24-17-9-11-19(22)15(3)13-17/h8-13,20H,4-7,21-22H2,1-3H3. The van der Waals surface area contributed by atoms with E-state index in [0.29, 0.717) is 0 Å². The molecule has 4 N–H and O–H groups in total. The van der Waals surface area contributed by atoms with Gasteiger partial charge in [0, 0.05) is 17.8 Å². The highest BCUT2D eigenvalue weighted by molar-refractivity contribution is 5.50. The highest BCUT2D eigenvalue weighted by Crippen LogP contribution is 2.24. The van der Waals surface area contributed by atoms with Crippen LogP contribution in [-0.4, -0.2) is 6.29 Å². The van der Waals surface area contributed by atoms with Gasteiger partial charge in [0.05, 0.1) is 0 Å². The van der Waals surface area contributed by atoms with Gasteiger partial charge in [-0.05, 0) is 67.8 Å². The summed E-state index contributed by atoms with van der Waals surface area (Å²) >= 11 is 0. The van der Waals surface area contributed by atoms with Crippen LogP contribution >= 0.6 is 0 Å². The first kappa shape index (κ1) is 18.0. The Balaban J connectivity index is 2.10. The number of nitrogens with two attached hydrogens (primary N) is 2. The van der Waals surface area contributed by atoms with Gasteiger partial charge in [0.25, 0.3) is 0 Å². The molecule has 0 amide bonds. The molecule has 0 heterocycles. The Morgan fingerprint density at radius 2 is 1.33 bits per heavy atom. The molecule has 4 nitrogen and oxygen atoms in total. The van der Waals surface area contributed by atoms with E-state index in [0.717, 1.165) is 59.7 Å². The highest BCUT2D eigenvalue weighted by Gasteiger charge is 2.13. The van der Waals surface area contributed by atoms with Gasteiger partial charge in [0.2, 0.25) is 6.29 Å². The molecule has 2 rings (SSSR count). The maximum Gasteiger partial charge on any atom is 0.241 e. The van der Waals surface area contributed by atoms with E-state index in [1.165, 1.54) is 0 Å². The maximum atomic E-state index is 6.06. The van der Waals surface area contributed by atoms with Gasteiger partial charge in [-0.2, -0.15) is 0 Å². The van der Waals surface area contributed by atoms with Gasteiger partial charge in [0.15, 0.2) is 0 Å². The molecule has 0 saturated heterocycles. The number of nitrogen functional groups attached to an aromatic ring is 2. The molecule has 24 heavy (non-hydrogen) atoms. The van der Waals surface area contributed by atoms with Crippen LogP contribution in [0.3, 0.4) is 0 Å². The molecule has 0 bridgehead atoms. The topological polar surface area (TPSA) is 70.5 Å². The number of unbranched alkanes of at least 4 members (excludes halogenated alkanes) is 2. The first-order valence-corrected chi connectivity index (χ1v) is 8.55. The van der Waals surface area contributed by atoms with Crippen molar-refractivity contribution in [3.8, 4) is 11.5 Å². The van der Waals surface area contributed by atoms with Crippen molar-refractivity contribution >= 4 is 11.4 Å². The third kappa shape index (κ3) is 5.08. The van der Waals surface area contributed by atoms with E-state index in [4.69, 9.17) is 20.9 Å². The van der Waals surface area contributed by atoms with E-state index in [1.807, 2.05) is 50.2 Å². The zero-order valence-corrected chi connectivity index (χ0v) is 14.8. The molecule has 0 aliphatic carbocycles. The van der Waals surface area contributed by atoms with Gasteiger partial charge in [-0.25, -0.2) is 0 Å². The van der Waals surface area contributed by atoms with E-state index in [-0.39, 0.29) is 6.29 Å². The van der Waals surface area contributed by atoms with E-state index in [1.54, 1.807) is 0 Å². The predicted molar refractivity (Wildman–Crippen MR) is 100 cm³/mol. The lowest BCUT2D eigenvalue weighted by Crippen LogP contribution is -2.24. The second-order valence-electron chi connectivity index (χ2n) is 6.20. The number of ether oxygens (including phenoxy) is 2. The largest absolute Gasteiger partial charge is 0.455 e. The van der Waals surface area contributed by atoms with Crippen LogP contribution in [0.25, 0.3) is 0 Å². The van der Waals surface area contributed by atoms with Crippen molar-refractivity contribution in [2.45, 2.75) is 52.7 Å². The molecular weight excluding hydrogens is 300 g/mol. The van der Waals surface area contributed by atoms with Crippen molar-refractivity contribution in [3.63, 3.8) is 0 Å². The molecule has 0 atom stereocenters. The summed E-state index contributed by atoms with van der Waals surface area (Å²) in [6.45, 7) is 6.13. The van der Waals surface area contributed by atoms with Crippen LogP contribution in [0.2, 0.25) is 0 Å². The van der Waals surface area contributed by atoms with Crippen LogP contribution in [-0.2, 0) is 0 Å². The average molecular weight is 328 g/mol. The minimum Gasteiger partial charge on any atom is -0.455 e. The lowest BCUT2D eigenvalue weighted by molar-refractivity contribution is -0.00241. The molecule has 0 unspecified atom stereocenters. The Morgan fingerprint density at radius 3 is 1.75 bits per heavy atom. The fourth-order valence-electron chi connectivity index (χ4n) is 2.45. The minimum atomic E-state index is -0.331. The number of hydrogen-bond donors (Lipinski definition) is 2. The van der Waals surface area contributed by atoms with Crippen molar-refractivity contribution in [1.82, 2.24) is 0 Å². The third-order valence-corrected chi connectivity index (χ3v) is 4.06. The van der Waals surface area contributed by atoms with Crippen molar-refractivity contribution in [2.24, 2.45) is 0 Å². The van der Waals surface area contributed by atoms with Crippen LogP contribution < -0.4 is 20.9 Å². The number of anilines is 2. The third-order valence-electron chi connectivity index (χ3n) is 4.06. The first-order valence-electron chi connectivity index (χ1n) is 8.55. The summed E-state index contributed by atoms with van der Waals surface area (Å²) in [6.07, 6.45) is 3.88. The molecule has 0 fully saturated rings. The molecule has 0 aliphatic rings. The fraction of sp³-hybridized carbons (Fsp3) is 0.400. The van der Waals surface area contributed by atoms with Gasteiger partial charge in [-0.15, -0.1) is 0 Å². The summed E-state index contributed by atoms with van der Waals surface area (Å²) in [7, 11) is 0. The summed E-state index contributed by atoms with van der Waals surface area (Å²) in [5.41, 5.74) is 15.3. The lowest BCUT2D eigenvalue weighted by atomic mass is 10.2. The molecular formula is C20H28N2O2. The van der Waals surface area contributed by atoms with Crippen LogP contribution in [0, 0.1) is 13.8 Å². The first-order chi connectivity index (χ1) is 11.5. The minimum absolute atomic E-state index is 0.331. The van der Waals surface area contributed by atoms with Gasteiger partial charge in [0.1, 0.15) is 11.5 Å². The average Bonchev–Trinajstić information content (AvgIpc) is 2.54. The highest BCUT2D eigenvalue weighted by atomic mass is 16.7. The van der Waals surface area contributed by atoms with Crippen LogP contribution in [0.4, 0.5) is 11.4 Å². The van der Waals surface area contributed by atoms with Crippen molar-refractivity contribution in [3.05, 3.63) is 47.5 Å². The summed E-state index contributed by atoms with van der Waals surface area (Å²) in [5, 5.41) is 0. The molecule has 0 radical (unpaired) electrons. The fourth-order valence-corrected chi connectivity index (χ4v) is 2.45. The molecule has 4 heteroatoms. The molecule has 0 aromatic heterocycles. The SMILES string of the molecule is CCCCCC(Oc1ccc(N)c(C)c1)Oc1ccc(N)c(C)c1. The summed E-state index contributed by atoms with van der Waals surface area (Å²) < 4.78 is 12.1. The van der Waals surface area contributed by atoms with E-state index >= 15 is 0 Å². The molecule has 0 aliphatic heterocycles.